The molecule has 0 atom stereocenters. The van der Waals surface area contributed by atoms with E-state index in [0.29, 0.717) is 26.1 Å². The molecule has 0 radical (unpaired) electrons. The predicted molar refractivity (Wildman–Crippen MR) is 62.5 cm³/mol. The predicted octanol–water partition coefficient (Wildman–Crippen LogP) is 0.328. The summed E-state index contributed by atoms with van der Waals surface area (Å²) >= 11 is 0. The van der Waals surface area contributed by atoms with Gasteiger partial charge in [-0.3, -0.25) is 4.79 Å². The lowest BCUT2D eigenvalue weighted by molar-refractivity contribution is -0.121. The highest BCUT2D eigenvalue weighted by atomic mass is 32.2. The SMILES string of the molecule is CCCC(=O)NCCN1CCCCS1(=O)=O. The molecule has 0 saturated carbocycles. The number of amides is 1. The Kier molecular flexibility index (Phi) is 5.21. The highest BCUT2D eigenvalue weighted by Gasteiger charge is 2.24. The van der Waals surface area contributed by atoms with E-state index in [9.17, 15) is 13.2 Å². The molecule has 1 N–H and O–H groups in total. The summed E-state index contributed by atoms with van der Waals surface area (Å²) in [6.45, 7) is 3.34. The number of nitrogens with zero attached hydrogens (tertiary/aromatic N) is 1. The van der Waals surface area contributed by atoms with E-state index in [4.69, 9.17) is 0 Å². The lowest BCUT2D eigenvalue weighted by atomic mass is 10.3. The van der Waals surface area contributed by atoms with E-state index in [1.165, 1.54) is 4.31 Å². The van der Waals surface area contributed by atoms with Crippen molar-refractivity contribution in [2.45, 2.75) is 32.6 Å². The highest BCUT2D eigenvalue weighted by molar-refractivity contribution is 7.89. The van der Waals surface area contributed by atoms with Crippen LogP contribution in [0, 0.1) is 0 Å². The number of hydrogen-bond donors (Lipinski definition) is 1. The maximum Gasteiger partial charge on any atom is 0.220 e. The Morgan fingerprint density at radius 1 is 1.38 bits per heavy atom. The highest BCUT2D eigenvalue weighted by Crippen LogP contribution is 2.12. The third kappa shape index (κ3) is 4.09. The van der Waals surface area contributed by atoms with Crippen molar-refractivity contribution in [3.63, 3.8) is 0 Å². The molecule has 0 spiro atoms. The van der Waals surface area contributed by atoms with Crippen molar-refractivity contribution in [2.24, 2.45) is 0 Å². The first-order valence-electron chi connectivity index (χ1n) is 5.81. The van der Waals surface area contributed by atoms with E-state index < -0.39 is 10.0 Å². The fourth-order valence-electron chi connectivity index (χ4n) is 1.73. The molecule has 1 aliphatic rings. The average molecular weight is 248 g/mol. The van der Waals surface area contributed by atoms with Crippen molar-refractivity contribution in [1.29, 1.82) is 0 Å². The molecule has 0 aromatic carbocycles. The zero-order chi connectivity index (χ0) is 12.0. The van der Waals surface area contributed by atoms with Gasteiger partial charge in [0.15, 0.2) is 0 Å². The zero-order valence-electron chi connectivity index (χ0n) is 9.74. The third-order valence-electron chi connectivity index (χ3n) is 2.61. The van der Waals surface area contributed by atoms with Gasteiger partial charge in [-0.05, 0) is 19.3 Å². The van der Waals surface area contributed by atoms with Crippen molar-refractivity contribution >= 4 is 15.9 Å². The molecule has 0 bridgehead atoms. The first-order chi connectivity index (χ1) is 7.56. The minimum absolute atomic E-state index is 0.00286. The normalized spacial score (nSPS) is 20.6. The monoisotopic (exact) mass is 248 g/mol. The molecule has 1 amide bonds. The van der Waals surface area contributed by atoms with Gasteiger partial charge in [0, 0.05) is 26.1 Å². The topological polar surface area (TPSA) is 66.5 Å². The summed E-state index contributed by atoms with van der Waals surface area (Å²) in [4.78, 5) is 11.2. The molecular formula is C10H20N2O3S. The fourth-order valence-corrected chi connectivity index (χ4v) is 3.33. The molecule has 1 rings (SSSR count). The van der Waals surface area contributed by atoms with Gasteiger partial charge in [0.05, 0.1) is 5.75 Å². The maximum atomic E-state index is 11.6. The summed E-state index contributed by atoms with van der Waals surface area (Å²) in [7, 11) is -3.05. The minimum atomic E-state index is -3.05. The van der Waals surface area contributed by atoms with Crippen LogP contribution < -0.4 is 5.32 Å². The van der Waals surface area contributed by atoms with Gasteiger partial charge in [-0.15, -0.1) is 0 Å². The van der Waals surface area contributed by atoms with Crippen molar-refractivity contribution in [1.82, 2.24) is 9.62 Å². The van der Waals surface area contributed by atoms with Crippen LogP contribution in [0.2, 0.25) is 0 Å². The third-order valence-corrected chi connectivity index (χ3v) is 4.57. The van der Waals surface area contributed by atoms with Crippen LogP contribution >= 0.6 is 0 Å². The van der Waals surface area contributed by atoms with Gasteiger partial charge >= 0.3 is 0 Å². The van der Waals surface area contributed by atoms with E-state index in [2.05, 4.69) is 5.32 Å². The van der Waals surface area contributed by atoms with E-state index in [0.717, 1.165) is 19.3 Å². The number of sulfonamides is 1. The van der Waals surface area contributed by atoms with Crippen LogP contribution in [0.15, 0.2) is 0 Å². The van der Waals surface area contributed by atoms with Crippen molar-refractivity contribution in [2.75, 3.05) is 25.4 Å². The molecule has 0 aliphatic carbocycles. The van der Waals surface area contributed by atoms with Gasteiger partial charge in [-0.1, -0.05) is 6.92 Å². The zero-order valence-corrected chi connectivity index (χ0v) is 10.6. The number of hydrogen-bond acceptors (Lipinski definition) is 3. The molecule has 1 fully saturated rings. The lowest BCUT2D eigenvalue weighted by Crippen LogP contribution is -2.42. The van der Waals surface area contributed by atoms with Gasteiger partial charge in [0.1, 0.15) is 0 Å². The Hall–Kier alpha value is -0.620. The smallest absolute Gasteiger partial charge is 0.220 e. The van der Waals surface area contributed by atoms with Gasteiger partial charge in [-0.25, -0.2) is 12.7 Å². The van der Waals surface area contributed by atoms with Gasteiger partial charge in [-0.2, -0.15) is 0 Å². The first-order valence-corrected chi connectivity index (χ1v) is 7.41. The van der Waals surface area contributed by atoms with Crippen molar-refractivity contribution in [3.05, 3.63) is 0 Å². The van der Waals surface area contributed by atoms with Crippen molar-refractivity contribution in [3.8, 4) is 0 Å². The summed E-state index contributed by atoms with van der Waals surface area (Å²) in [5.41, 5.74) is 0. The van der Waals surface area contributed by atoms with Gasteiger partial charge < -0.3 is 5.32 Å². The molecular weight excluding hydrogens is 228 g/mol. The average Bonchev–Trinajstić information content (AvgIpc) is 2.21. The Morgan fingerprint density at radius 3 is 2.75 bits per heavy atom. The number of rotatable bonds is 5. The molecule has 1 saturated heterocycles. The molecule has 16 heavy (non-hydrogen) atoms. The van der Waals surface area contributed by atoms with Crippen LogP contribution in [-0.4, -0.2) is 44.0 Å². The van der Waals surface area contributed by atoms with Gasteiger partial charge in [0.2, 0.25) is 15.9 Å². The second-order valence-corrected chi connectivity index (χ2v) is 6.11. The molecule has 94 valence electrons. The van der Waals surface area contributed by atoms with Crippen LogP contribution in [0.4, 0.5) is 0 Å². The van der Waals surface area contributed by atoms with E-state index in [1.54, 1.807) is 0 Å². The lowest BCUT2D eigenvalue weighted by Gasteiger charge is -2.26. The fraction of sp³-hybridized carbons (Fsp3) is 0.900. The second kappa shape index (κ2) is 6.20. The summed E-state index contributed by atoms with van der Waals surface area (Å²) in [6.07, 6.45) is 2.99. The number of nitrogens with one attached hydrogen (secondary N) is 1. The first kappa shape index (κ1) is 13.4. The molecule has 1 heterocycles. The molecule has 0 aromatic rings. The van der Waals surface area contributed by atoms with Crippen LogP contribution in [0.25, 0.3) is 0 Å². The van der Waals surface area contributed by atoms with Crippen LogP contribution in [0.5, 0.6) is 0 Å². The van der Waals surface area contributed by atoms with Crippen LogP contribution in [0.3, 0.4) is 0 Å². The van der Waals surface area contributed by atoms with Gasteiger partial charge in [0.25, 0.3) is 0 Å². The molecule has 1 aliphatic heterocycles. The largest absolute Gasteiger partial charge is 0.355 e. The molecule has 5 nitrogen and oxygen atoms in total. The van der Waals surface area contributed by atoms with E-state index >= 15 is 0 Å². The van der Waals surface area contributed by atoms with Crippen LogP contribution in [0.1, 0.15) is 32.6 Å². The summed E-state index contributed by atoms with van der Waals surface area (Å²) in [6, 6.07) is 0. The Balaban J connectivity index is 2.29. The summed E-state index contributed by atoms with van der Waals surface area (Å²) in [5, 5.41) is 2.72. The Labute approximate surface area is 97.2 Å². The summed E-state index contributed by atoms with van der Waals surface area (Å²) in [5.74, 6) is 0.243. The second-order valence-electron chi connectivity index (χ2n) is 4.02. The van der Waals surface area contributed by atoms with E-state index in [-0.39, 0.29) is 11.7 Å². The van der Waals surface area contributed by atoms with Crippen molar-refractivity contribution < 1.29 is 13.2 Å². The molecule has 0 unspecified atom stereocenters. The number of carbonyl (C=O) groups excluding carboxylic acids is 1. The Morgan fingerprint density at radius 2 is 2.12 bits per heavy atom. The number of carbonyl (C=O) groups is 1. The quantitative estimate of drug-likeness (QED) is 0.762. The molecule has 0 aromatic heterocycles. The van der Waals surface area contributed by atoms with E-state index in [1.807, 2.05) is 6.92 Å². The Bertz CT molecular complexity index is 327. The molecule has 6 heteroatoms. The van der Waals surface area contributed by atoms with Crippen LogP contribution in [-0.2, 0) is 14.8 Å². The summed E-state index contributed by atoms with van der Waals surface area (Å²) < 4.78 is 24.7. The standard InChI is InChI=1S/C10H20N2O3S/c1-2-5-10(13)11-6-8-12-7-3-4-9-16(12,14)15/h2-9H2,1H3,(H,11,13). The maximum absolute atomic E-state index is 11.6. The minimum Gasteiger partial charge on any atom is -0.355 e.